The Hall–Kier alpha value is -2.08. The molecule has 0 saturated carbocycles. The van der Waals surface area contributed by atoms with Crippen LogP contribution in [-0.2, 0) is 0 Å². The van der Waals surface area contributed by atoms with E-state index >= 15 is 0 Å². The highest BCUT2D eigenvalue weighted by atomic mass is 35.5. The molecule has 1 aliphatic rings. The molecular formula is C15H18ClN5O. The first-order chi connectivity index (χ1) is 10.6. The molecule has 1 aromatic carbocycles. The van der Waals surface area contributed by atoms with Gasteiger partial charge in [-0.15, -0.1) is 0 Å². The molecule has 2 heterocycles. The number of hydrogen-bond acceptors (Lipinski definition) is 4. The third kappa shape index (κ3) is 3.22. The molecule has 0 spiro atoms. The molecule has 2 aromatic rings. The second kappa shape index (κ2) is 6.36. The van der Waals surface area contributed by atoms with Crippen molar-refractivity contribution in [1.82, 2.24) is 20.7 Å². The lowest BCUT2D eigenvalue weighted by Gasteiger charge is -2.21. The summed E-state index contributed by atoms with van der Waals surface area (Å²) in [4.78, 5) is 14.2. The molecule has 1 aromatic heterocycles. The molecule has 0 bridgehead atoms. The lowest BCUT2D eigenvalue weighted by Crippen LogP contribution is -2.31. The summed E-state index contributed by atoms with van der Waals surface area (Å²) in [5, 5.41) is 13.5. The standard InChI is InChI=1S/C15H18ClN5O/c1-10-2-3-12(16)6-14(10)21-5-4-11(9-21)7-17-15(22)13-8-18-20-19-13/h2-3,6,8,11H,4-5,7,9H2,1H3,(H,17,22)(H,18,19,20). The van der Waals surface area contributed by atoms with Crippen LogP contribution in [0.2, 0.25) is 5.02 Å². The molecule has 6 nitrogen and oxygen atoms in total. The number of carbonyl (C=O) groups is 1. The van der Waals surface area contributed by atoms with Crippen LogP contribution < -0.4 is 10.2 Å². The summed E-state index contributed by atoms with van der Waals surface area (Å²) in [7, 11) is 0. The van der Waals surface area contributed by atoms with Gasteiger partial charge in [-0.1, -0.05) is 17.7 Å². The van der Waals surface area contributed by atoms with Crippen LogP contribution in [0.25, 0.3) is 0 Å². The normalized spacial score (nSPS) is 17.7. The number of anilines is 1. The van der Waals surface area contributed by atoms with Crippen molar-refractivity contribution in [2.45, 2.75) is 13.3 Å². The molecule has 1 saturated heterocycles. The average Bonchev–Trinajstić information content (AvgIpc) is 3.18. The van der Waals surface area contributed by atoms with Gasteiger partial charge in [-0.2, -0.15) is 15.4 Å². The van der Waals surface area contributed by atoms with Crippen LogP contribution >= 0.6 is 11.6 Å². The number of aromatic nitrogens is 3. The topological polar surface area (TPSA) is 73.9 Å². The third-order valence-electron chi connectivity index (χ3n) is 4.00. The summed E-state index contributed by atoms with van der Waals surface area (Å²) in [6.07, 6.45) is 2.47. The van der Waals surface area contributed by atoms with E-state index in [1.165, 1.54) is 17.4 Å². The van der Waals surface area contributed by atoms with Gasteiger partial charge < -0.3 is 10.2 Å². The van der Waals surface area contributed by atoms with Crippen LogP contribution in [0.15, 0.2) is 24.4 Å². The minimum atomic E-state index is -0.189. The molecule has 22 heavy (non-hydrogen) atoms. The highest BCUT2D eigenvalue weighted by Gasteiger charge is 2.24. The Labute approximate surface area is 133 Å². The minimum absolute atomic E-state index is 0.189. The fourth-order valence-corrected chi connectivity index (χ4v) is 2.95. The SMILES string of the molecule is Cc1ccc(Cl)cc1N1CCC(CNC(=O)c2cn[nH]n2)C1. The van der Waals surface area contributed by atoms with Crippen molar-refractivity contribution in [2.24, 2.45) is 5.92 Å². The first kappa shape index (κ1) is 14.8. The second-order valence-electron chi connectivity index (χ2n) is 5.60. The molecule has 1 amide bonds. The van der Waals surface area contributed by atoms with Crippen LogP contribution in [0.5, 0.6) is 0 Å². The van der Waals surface area contributed by atoms with E-state index in [2.05, 4.69) is 32.6 Å². The molecule has 0 radical (unpaired) electrons. The maximum absolute atomic E-state index is 11.8. The summed E-state index contributed by atoms with van der Waals surface area (Å²) in [5.74, 6) is 0.236. The van der Waals surface area contributed by atoms with E-state index in [4.69, 9.17) is 11.6 Å². The number of amides is 1. The predicted octanol–water partition coefficient (Wildman–Crippen LogP) is 2.02. The lowest BCUT2D eigenvalue weighted by molar-refractivity contribution is 0.0943. The fraction of sp³-hybridized carbons (Fsp3) is 0.400. The summed E-state index contributed by atoms with van der Waals surface area (Å²) in [5.41, 5.74) is 2.72. The van der Waals surface area contributed by atoms with Gasteiger partial charge in [0.15, 0.2) is 5.69 Å². The molecule has 0 aliphatic carbocycles. The first-order valence-corrected chi connectivity index (χ1v) is 7.66. The average molecular weight is 320 g/mol. The lowest BCUT2D eigenvalue weighted by atomic mass is 10.1. The molecule has 1 fully saturated rings. The quantitative estimate of drug-likeness (QED) is 0.904. The van der Waals surface area contributed by atoms with Gasteiger partial charge in [0.2, 0.25) is 0 Å². The Balaban J connectivity index is 1.56. The van der Waals surface area contributed by atoms with Crippen molar-refractivity contribution >= 4 is 23.2 Å². The van der Waals surface area contributed by atoms with E-state index in [9.17, 15) is 4.79 Å². The van der Waals surface area contributed by atoms with Crippen LogP contribution in [0.3, 0.4) is 0 Å². The summed E-state index contributed by atoms with van der Waals surface area (Å²) < 4.78 is 0. The molecular weight excluding hydrogens is 302 g/mol. The Kier molecular flexibility index (Phi) is 4.29. The van der Waals surface area contributed by atoms with Crippen LogP contribution in [0.1, 0.15) is 22.5 Å². The first-order valence-electron chi connectivity index (χ1n) is 7.28. The van der Waals surface area contributed by atoms with E-state index in [-0.39, 0.29) is 5.91 Å². The fourth-order valence-electron chi connectivity index (χ4n) is 2.78. The number of aromatic amines is 1. The molecule has 116 valence electrons. The van der Waals surface area contributed by atoms with E-state index in [1.54, 1.807) is 0 Å². The van der Waals surface area contributed by atoms with Crippen molar-refractivity contribution in [3.63, 3.8) is 0 Å². The van der Waals surface area contributed by atoms with E-state index in [0.717, 1.165) is 24.5 Å². The summed E-state index contributed by atoms with van der Waals surface area (Å²) >= 11 is 6.09. The predicted molar refractivity (Wildman–Crippen MR) is 85.2 cm³/mol. The van der Waals surface area contributed by atoms with Gasteiger partial charge in [-0.05, 0) is 37.0 Å². The maximum atomic E-state index is 11.8. The number of nitrogens with one attached hydrogen (secondary N) is 2. The van der Waals surface area contributed by atoms with E-state index in [0.29, 0.717) is 18.2 Å². The van der Waals surface area contributed by atoms with E-state index in [1.807, 2.05) is 18.2 Å². The van der Waals surface area contributed by atoms with Crippen LogP contribution in [0, 0.1) is 12.8 Å². The molecule has 7 heteroatoms. The highest BCUT2D eigenvalue weighted by molar-refractivity contribution is 6.30. The van der Waals surface area contributed by atoms with Crippen molar-refractivity contribution < 1.29 is 4.79 Å². The summed E-state index contributed by atoms with van der Waals surface area (Å²) in [6, 6.07) is 5.96. The molecule has 1 atom stereocenters. The van der Waals surface area contributed by atoms with Gasteiger partial charge in [0.05, 0.1) is 6.20 Å². The third-order valence-corrected chi connectivity index (χ3v) is 4.23. The second-order valence-corrected chi connectivity index (χ2v) is 6.03. The molecule has 3 rings (SSSR count). The number of hydrogen-bond donors (Lipinski definition) is 2. The number of benzene rings is 1. The minimum Gasteiger partial charge on any atom is -0.371 e. The monoisotopic (exact) mass is 319 g/mol. The Morgan fingerprint density at radius 3 is 3.18 bits per heavy atom. The zero-order chi connectivity index (χ0) is 15.5. The molecule has 1 unspecified atom stereocenters. The number of rotatable bonds is 4. The number of aryl methyl sites for hydroxylation is 1. The zero-order valence-corrected chi connectivity index (χ0v) is 13.1. The number of nitrogens with zero attached hydrogens (tertiary/aromatic N) is 3. The van der Waals surface area contributed by atoms with Gasteiger partial charge in [0.25, 0.3) is 5.91 Å². The van der Waals surface area contributed by atoms with Gasteiger partial charge >= 0.3 is 0 Å². The number of carbonyl (C=O) groups excluding carboxylic acids is 1. The van der Waals surface area contributed by atoms with Crippen molar-refractivity contribution in [3.05, 3.63) is 40.7 Å². The smallest absolute Gasteiger partial charge is 0.273 e. The largest absolute Gasteiger partial charge is 0.371 e. The summed E-state index contributed by atoms with van der Waals surface area (Å²) in [6.45, 7) is 4.62. The number of H-pyrrole nitrogens is 1. The maximum Gasteiger partial charge on any atom is 0.273 e. The molecule has 1 aliphatic heterocycles. The molecule has 2 N–H and O–H groups in total. The van der Waals surface area contributed by atoms with Gasteiger partial charge in [-0.25, -0.2) is 0 Å². The van der Waals surface area contributed by atoms with Crippen molar-refractivity contribution in [2.75, 3.05) is 24.5 Å². The Morgan fingerprint density at radius 2 is 2.41 bits per heavy atom. The zero-order valence-electron chi connectivity index (χ0n) is 12.3. The van der Waals surface area contributed by atoms with Crippen molar-refractivity contribution in [1.29, 1.82) is 0 Å². The van der Waals surface area contributed by atoms with Crippen molar-refractivity contribution in [3.8, 4) is 0 Å². The van der Waals surface area contributed by atoms with Crippen LogP contribution in [-0.4, -0.2) is 41.0 Å². The van der Waals surface area contributed by atoms with Crippen LogP contribution in [0.4, 0.5) is 5.69 Å². The number of halogens is 1. The van der Waals surface area contributed by atoms with E-state index < -0.39 is 0 Å². The Bertz CT molecular complexity index is 658. The van der Waals surface area contributed by atoms with Gasteiger partial charge in [-0.3, -0.25) is 4.79 Å². The van der Waals surface area contributed by atoms with Gasteiger partial charge in [0.1, 0.15) is 0 Å². The van der Waals surface area contributed by atoms with Gasteiger partial charge in [0, 0.05) is 30.3 Å². The Morgan fingerprint density at radius 1 is 1.55 bits per heavy atom. The highest BCUT2D eigenvalue weighted by Crippen LogP contribution is 2.29.